The first-order chi connectivity index (χ1) is 12.4. The van der Waals surface area contributed by atoms with Crippen LogP contribution in [-0.2, 0) is 9.59 Å². The van der Waals surface area contributed by atoms with Crippen molar-refractivity contribution in [2.45, 2.75) is 13.0 Å². The van der Waals surface area contributed by atoms with Gasteiger partial charge in [0.1, 0.15) is 5.82 Å². The average Bonchev–Trinajstić information content (AvgIpc) is 2.61. The maximum atomic E-state index is 13.1. The van der Waals surface area contributed by atoms with Crippen LogP contribution in [0.25, 0.3) is 0 Å². The monoisotopic (exact) mass is 354 g/mol. The number of halogens is 1. The van der Waals surface area contributed by atoms with Gasteiger partial charge in [-0.15, -0.1) is 0 Å². The molecule has 0 bridgehead atoms. The summed E-state index contributed by atoms with van der Waals surface area (Å²) >= 11 is 0. The van der Waals surface area contributed by atoms with Gasteiger partial charge in [-0.25, -0.2) is 4.39 Å². The summed E-state index contributed by atoms with van der Waals surface area (Å²) < 4.78 is 13.1. The lowest BCUT2D eigenvalue weighted by atomic mass is 10.2. The molecule has 2 aromatic carbocycles. The lowest BCUT2D eigenvalue weighted by Crippen LogP contribution is -2.43. The number of nitrogens with one attached hydrogen (secondary N) is 2. The number of benzene rings is 2. The molecule has 0 heterocycles. The van der Waals surface area contributed by atoms with Crippen molar-refractivity contribution in [3.05, 3.63) is 59.9 Å². The second-order valence-corrected chi connectivity index (χ2v) is 5.83. The molecule has 7 heteroatoms. The van der Waals surface area contributed by atoms with Crippen LogP contribution in [0.15, 0.2) is 48.5 Å². The predicted octanol–water partition coefficient (Wildman–Crippen LogP) is 2.59. The first-order valence-electron chi connectivity index (χ1n) is 7.95. The lowest BCUT2D eigenvalue weighted by molar-refractivity contribution is -0.122. The molecule has 0 fully saturated rings. The number of hydrogen-bond donors (Lipinski definition) is 2. The molecule has 1 atom stereocenters. The van der Waals surface area contributed by atoms with E-state index >= 15 is 0 Å². The van der Waals surface area contributed by atoms with Gasteiger partial charge < -0.3 is 10.6 Å². The van der Waals surface area contributed by atoms with Crippen LogP contribution in [0.4, 0.5) is 15.8 Å². The second-order valence-electron chi connectivity index (χ2n) is 5.83. The van der Waals surface area contributed by atoms with Crippen molar-refractivity contribution in [2.75, 3.05) is 24.2 Å². The SMILES string of the molecule is CC(C(=O)Nc1cccc(C#N)c1)N(C)CC(=O)Nc1cccc(F)c1. The van der Waals surface area contributed by atoms with Crippen molar-refractivity contribution < 1.29 is 14.0 Å². The van der Waals surface area contributed by atoms with E-state index < -0.39 is 11.9 Å². The van der Waals surface area contributed by atoms with Gasteiger partial charge in [-0.3, -0.25) is 14.5 Å². The summed E-state index contributed by atoms with van der Waals surface area (Å²) in [5.41, 5.74) is 1.31. The molecule has 2 rings (SSSR count). The van der Waals surface area contributed by atoms with Gasteiger partial charge in [-0.1, -0.05) is 12.1 Å². The molecular formula is C19H19FN4O2. The third kappa shape index (κ3) is 5.40. The number of likely N-dealkylation sites (N-methyl/N-ethyl adjacent to an activating group) is 1. The Hall–Kier alpha value is -3.24. The molecule has 0 aliphatic heterocycles. The fraction of sp³-hybridized carbons (Fsp3) is 0.211. The Kier molecular flexibility index (Phi) is 6.42. The van der Waals surface area contributed by atoms with Crippen LogP contribution in [0.1, 0.15) is 12.5 Å². The number of carbonyl (C=O) groups excluding carboxylic acids is 2. The highest BCUT2D eigenvalue weighted by Crippen LogP contribution is 2.12. The van der Waals surface area contributed by atoms with Gasteiger partial charge in [0.05, 0.1) is 24.2 Å². The molecule has 0 saturated carbocycles. The van der Waals surface area contributed by atoms with E-state index in [1.807, 2.05) is 6.07 Å². The number of nitriles is 1. The van der Waals surface area contributed by atoms with Crippen LogP contribution in [0.2, 0.25) is 0 Å². The molecule has 0 aliphatic rings. The van der Waals surface area contributed by atoms with Crippen molar-refractivity contribution in [1.29, 1.82) is 5.26 Å². The van der Waals surface area contributed by atoms with Crippen molar-refractivity contribution >= 4 is 23.2 Å². The Morgan fingerprint density at radius 2 is 1.81 bits per heavy atom. The molecular weight excluding hydrogens is 335 g/mol. The zero-order chi connectivity index (χ0) is 19.1. The maximum absolute atomic E-state index is 13.1. The molecule has 26 heavy (non-hydrogen) atoms. The van der Waals surface area contributed by atoms with E-state index in [0.717, 1.165) is 0 Å². The fourth-order valence-electron chi connectivity index (χ4n) is 2.24. The van der Waals surface area contributed by atoms with Gasteiger partial charge in [0, 0.05) is 11.4 Å². The summed E-state index contributed by atoms with van der Waals surface area (Å²) in [5.74, 6) is -1.10. The minimum Gasteiger partial charge on any atom is -0.325 e. The van der Waals surface area contributed by atoms with Crippen molar-refractivity contribution in [3.63, 3.8) is 0 Å². The highest BCUT2D eigenvalue weighted by atomic mass is 19.1. The highest BCUT2D eigenvalue weighted by Gasteiger charge is 2.20. The highest BCUT2D eigenvalue weighted by molar-refractivity contribution is 5.96. The summed E-state index contributed by atoms with van der Waals surface area (Å²) in [6.45, 7) is 1.63. The first-order valence-corrected chi connectivity index (χ1v) is 7.95. The topological polar surface area (TPSA) is 85.2 Å². The molecule has 0 aliphatic carbocycles. The van der Waals surface area contributed by atoms with Gasteiger partial charge in [0.15, 0.2) is 0 Å². The van der Waals surface area contributed by atoms with Gasteiger partial charge in [0.2, 0.25) is 11.8 Å². The first kappa shape index (κ1) is 19.1. The molecule has 0 saturated heterocycles. The Morgan fingerprint density at radius 1 is 1.15 bits per heavy atom. The third-order valence-electron chi connectivity index (χ3n) is 3.80. The molecule has 2 amide bonds. The standard InChI is InChI=1S/C19H19FN4O2/c1-13(19(26)23-16-7-3-5-14(9-16)11-21)24(2)12-18(25)22-17-8-4-6-15(20)10-17/h3-10,13H,12H2,1-2H3,(H,22,25)(H,23,26). The van der Waals surface area contributed by atoms with Crippen molar-refractivity contribution in [2.24, 2.45) is 0 Å². The largest absolute Gasteiger partial charge is 0.325 e. The number of anilines is 2. The van der Waals surface area contributed by atoms with Crippen LogP contribution in [-0.4, -0.2) is 36.3 Å². The van der Waals surface area contributed by atoms with Crippen molar-refractivity contribution in [1.82, 2.24) is 4.90 Å². The van der Waals surface area contributed by atoms with E-state index in [2.05, 4.69) is 10.6 Å². The Morgan fingerprint density at radius 3 is 2.46 bits per heavy atom. The summed E-state index contributed by atoms with van der Waals surface area (Å²) in [7, 11) is 1.64. The predicted molar refractivity (Wildman–Crippen MR) is 96.9 cm³/mol. The van der Waals surface area contributed by atoms with E-state index in [9.17, 15) is 14.0 Å². The fourth-order valence-corrected chi connectivity index (χ4v) is 2.24. The Labute approximate surface area is 151 Å². The van der Waals surface area contributed by atoms with Gasteiger partial charge >= 0.3 is 0 Å². The van der Waals surface area contributed by atoms with E-state index in [1.165, 1.54) is 18.2 Å². The van der Waals surface area contributed by atoms with E-state index in [-0.39, 0.29) is 18.4 Å². The van der Waals surface area contributed by atoms with Crippen molar-refractivity contribution in [3.8, 4) is 6.07 Å². The molecule has 1 unspecified atom stereocenters. The molecule has 0 spiro atoms. The summed E-state index contributed by atoms with van der Waals surface area (Å²) in [6.07, 6.45) is 0. The molecule has 134 valence electrons. The minimum absolute atomic E-state index is 0.0384. The van der Waals surface area contributed by atoms with E-state index in [4.69, 9.17) is 5.26 Å². The normalized spacial score (nSPS) is 11.5. The third-order valence-corrected chi connectivity index (χ3v) is 3.80. The maximum Gasteiger partial charge on any atom is 0.241 e. The molecule has 0 aromatic heterocycles. The lowest BCUT2D eigenvalue weighted by Gasteiger charge is -2.23. The molecule has 2 N–H and O–H groups in total. The number of rotatable bonds is 6. The molecule has 6 nitrogen and oxygen atoms in total. The average molecular weight is 354 g/mol. The zero-order valence-corrected chi connectivity index (χ0v) is 14.5. The van der Waals surface area contributed by atoms with Crippen LogP contribution < -0.4 is 10.6 Å². The quantitative estimate of drug-likeness (QED) is 0.835. The van der Waals surface area contributed by atoms with Crippen LogP contribution in [0, 0.1) is 17.1 Å². The molecule has 0 radical (unpaired) electrons. The van der Waals surface area contributed by atoms with Gasteiger partial charge in [0.25, 0.3) is 0 Å². The Bertz CT molecular complexity index is 847. The van der Waals surface area contributed by atoms with Crippen LogP contribution >= 0.6 is 0 Å². The Balaban J connectivity index is 1.91. The van der Waals surface area contributed by atoms with Crippen LogP contribution in [0.3, 0.4) is 0 Å². The summed E-state index contributed by atoms with van der Waals surface area (Å²) in [4.78, 5) is 25.9. The minimum atomic E-state index is -0.584. The summed E-state index contributed by atoms with van der Waals surface area (Å²) in [6, 6.07) is 13.6. The number of hydrogen-bond acceptors (Lipinski definition) is 4. The number of nitrogens with zero attached hydrogens (tertiary/aromatic N) is 2. The van der Waals surface area contributed by atoms with E-state index in [1.54, 1.807) is 49.2 Å². The number of carbonyl (C=O) groups is 2. The van der Waals surface area contributed by atoms with Gasteiger partial charge in [-0.2, -0.15) is 5.26 Å². The van der Waals surface area contributed by atoms with Gasteiger partial charge in [-0.05, 0) is 50.4 Å². The summed E-state index contributed by atoms with van der Waals surface area (Å²) in [5, 5.41) is 14.2. The second kappa shape index (κ2) is 8.74. The van der Waals surface area contributed by atoms with E-state index in [0.29, 0.717) is 16.9 Å². The van der Waals surface area contributed by atoms with Crippen LogP contribution in [0.5, 0.6) is 0 Å². The zero-order valence-electron chi connectivity index (χ0n) is 14.5. The molecule has 2 aromatic rings. The number of amides is 2. The smallest absolute Gasteiger partial charge is 0.241 e.